The van der Waals surface area contributed by atoms with Crippen LogP contribution in [0.5, 0.6) is 11.5 Å². The van der Waals surface area contributed by atoms with Crippen LogP contribution in [0, 0.1) is 11.3 Å². The Labute approximate surface area is 161 Å². The standard InChI is InChI=1S/C19H24F2N2O5/c1-2-27-14-7-3-5-12(15(14)28-17(20)21)9-22-18(26)23-10-13-6-4-8-19(13,11-23)16(24)25/h3,5,7,13,17H,2,4,6,8-11H2,1H3,(H,22,26)(H,24,25)/t13-,19+/m0/s1. The monoisotopic (exact) mass is 398 g/mol. The molecule has 2 atom stereocenters. The van der Waals surface area contributed by atoms with E-state index in [-0.39, 0.29) is 37.1 Å². The first-order valence-electron chi connectivity index (χ1n) is 9.33. The molecular formula is C19H24F2N2O5. The predicted molar refractivity (Wildman–Crippen MR) is 95.5 cm³/mol. The summed E-state index contributed by atoms with van der Waals surface area (Å²) in [5, 5.41) is 12.3. The lowest BCUT2D eigenvalue weighted by atomic mass is 9.81. The summed E-state index contributed by atoms with van der Waals surface area (Å²) in [7, 11) is 0. The maximum Gasteiger partial charge on any atom is 0.387 e. The fourth-order valence-electron chi connectivity index (χ4n) is 4.27. The van der Waals surface area contributed by atoms with Crippen LogP contribution < -0.4 is 14.8 Å². The van der Waals surface area contributed by atoms with Gasteiger partial charge in [-0.05, 0) is 31.7 Å². The Morgan fingerprint density at radius 2 is 2.21 bits per heavy atom. The average Bonchev–Trinajstić information content (AvgIpc) is 3.20. The minimum Gasteiger partial charge on any atom is -0.490 e. The Bertz CT molecular complexity index is 745. The first kappa shape index (κ1) is 20.2. The fourth-order valence-corrected chi connectivity index (χ4v) is 4.27. The van der Waals surface area contributed by atoms with Crippen LogP contribution in [0.2, 0.25) is 0 Å². The molecule has 2 aliphatic rings. The van der Waals surface area contributed by atoms with Crippen molar-refractivity contribution in [1.29, 1.82) is 0 Å². The summed E-state index contributed by atoms with van der Waals surface area (Å²) in [4.78, 5) is 25.8. The first-order chi connectivity index (χ1) is 13.4. The van der Waals surface area contributed by atoms with Crippen molar-refractivity contribution in [1.82, 2.24) is 10.2 Å². The number of para-hydroxylation sites is 1. The molecule has 0 spiro atoms. The summed E-state index contributed by atoms with van der Waals surface area (Å²) in [5.74, 6) is -0.841. The van der Waals surface area contributed by atoms with E-state index in [9.17, 15) is 23.5 Å². The number of fused-ring (bicyclic) bond motifs is 1. The lowest BCUT2D eigenvalue weighted by Gasteiger charge is -2.23. The Morgan fingerprint density at radius 3 is 2.86 bits per heavy atom. The number of aliphatic carboxylic acids is 1. The molecule has 1 aromatic rings. The molecule has 1 aliphatic carbocycles. The third-order valence-electron chi connectivity index (χ3n) is 5.58. The molecule has 1 aromatic carbocycles. The van der Waals surface area contributed by atoms with Gasteiger partial charge in [0.05, 0.1) is 12.0 Å². The van der Waals surface area contributed by atoms with Gasteiger partial charge >= 0.3 is 18.6 Å². The van der Waals surface area contributed by atoms with Crippen molar-refractivity contribution in [2.75, 3.05) is 19.7 Å². The molecule has 1 saturated heterocycles. The number of benzene rings is 1. The number of urea groups is 1. The van der Waals surface area contributed by atoms with Gasteiger partial charge in [-0.25, -0.2) is 4.79 Å². The molecule has 3 rings (SSSR count). The normalized spacial score (nSPS) is 23.6. The van der Waals surface area contributed by atoms with Crippen LogP contribution in [0.3, 0.4) is 0 Å². The number of carbonyl (C=O) groups excluding carboxylic acids is 1. The van der Waals surface area contributed by atoms with Crippen molar-refractivity contribution in [3.63, 3.8) is 0 Å². The molecular weight excluding hydrogens is 374 g/mol. The topological polar surface area (TPSA) is 88.1 Å². The summed E-state index contributed by atoms with van der Waals surface area (Å²) in [6.45, 7) is -0.506. The van der Waals surface area contributed by atoms with Gasteiger partial charge in [0.15, 0.2) is 11.5 Å². The number of carbonyl (C=O) groups is 2. The molecule has 1 aliphatic heterocycles. The predicted octanol–water partition coefficient (Wildman–Crippen LogP) is 3.08. The second-order valence-corrected chi connectivity index (χ2v) is 7.15. The molecule has 0 bridgehead atoms. The van der Waals surface area contributed by atoms with Gasteiger partial charge in [0, 0.05) is 25.2 Å². The van der Waals surface area contributed by atoms with E-state index in [0.29, 0.717) is 18.5 Å². The summed E-state index contributed by atoms with van der Waals surface area (Å²) in [6.07, 6.45) is 2.21. The molecule has 0 aromatic heterocycles. The number of nitrogens with one attached hydrogen (secondary N) is 1. The van der Waals surface area contributed by atoms with Gasteiger partial charge in [-0.1, -0.05) is 18.6 Å². The largest absolute Gasteiger partial charge is 0.490 e. The number of hydrogen-bond donors (Lipinski definition) is 2. The zero-order valence-corrected chi connectivity index (χ0v) is 15.6. The van der Waals surface area contributed by atoms with Crippen molar-refractivity contribution in [2.45, 2.75) is 39.3 Å². The number of carboxylic acids is 1. The van der Waals surface area contributed by atoms with Crippen molar-refractivity contribution in [2.24, 2.45) is 11.3 Å². The molecule has 1 heterocycles. The van der Waals surface area contributed by atoms with Gasteiger partial charge in [-0.2, -0.15) is 8.78 Å². The van der Waals surface area contributed by atoms with Crippen LogP contribution in [0.1, 0.15) is 31.7 Å². The maximum absolute atomic E-state index is 12.8. The van der Waals surface area contributed by atoms with E-state index in [4.69, 9.17) is 4.74 Å². The molecule has 0 unspecified atom stereocenters. The number of rotatable bonds is 7. The lowest BCUT2D eigenvalue weighted by molar-refractivity contribution is -0.149. The molecule has 154 valence electrons. The van der Waals surface area contributed by atoms with Crippen LogP contribution in [-0.2, 0) is 11.3 Å². The summed E-state index contributed by atoms with van der Waals surface area (Å²) in [6, 6.07) is 4.30. The number of amides is 2. The average molecular weight is 398 g/mol. The molecule has 2 N–H and O–H groups in total. The van der Waals surface area contributed by atoms with E-state index in [2.05, 4.69) is 10.1 Å². The van der Waals surface area contributed by atoms with Crippen LogP contribution >= 0.6 is 0 Å². The van der Waals surface area contributed by atoms with E-state index in [0.717, 1.165) is 12.8 Å². The van der Waals surface area contributed by atoms with Crippen LogP contribution in [0.15, 0.2) is 18.2 Å². The van der Waals surface area contributed by atoms with Gasteiger partial charge in [-0.3, -0.25) is 4.79 Å². The van der Waals surface area contributed by atoms with E-state index >= 15 is 0 Å². The van der Waals surface area contributed by atoms with E-state index in [1.54, 1.807) is 19.1 Å². The molecule has 1 saturated carbocycles. The number of likely N-dealkylation sites (tertiary alicyclic amines) is 1. The molecule has 2 fully saturated rings. The zero-order valence-electron chi connectivity index (χ0n) is 15.6. The number of hydrogen-bond acceptors (Lipinski definition) is 4. The molecule has 7 nitrogen and oxygen atoms in total. The second kappa shape index (κ2) is 8.20. The zero-order chi connectivity index (χ0) is 20.3. The highest BCUT2D eigenvalue weighted by Crippen LogP contribution is 2.48. The highest BCUT2D eigenvalue weighted by atomic mass is 19.3. The van der Waals surface area contributed by atoms with Crippen LogP contribution in [-0.4, -0.2) is 48.3 Å². The van der Waals surface area contributed by atoms with Crippen LogP contribution in [0.4, 0.5) is 13.6 Å². The SMILES string of the molecule is CCOc1cccc(CNC(=O)N2C[C@@H]3CCC[C@@]3(C(=O)O)C2)c1OC(F)F. The van der Waals surface area contributed by atoms with Gasteiger partial charge in [-0.15, -0.1) is 0 Å². The number of carboxylic acid groups (broad SMARTS) is 1. The minimum absolute atomic E-state index is 0.0387. The summed E-state index contributed by atoms with van der Waals surface area (Å²) in [5.41, 5.74) is -0.511. The lowest BCUT2D eigenvalue weighted by Crippen LogP contribution is -2.41. The Morgan fingerprint density at radius 1 is 1.43 bits per heavy atom. The fraction of sp³-hybridized carbons (Fsp3) is 0.579. The molecule has 2 amide bonds. The van der Waals surface area contributed by atoms with Crippen molar-refractivity contribution < 1.29 is 33.0 Å². The third-order valence-corrected chi connectivity index (χ3v) is 5.58. The maximum atomic E-state index is 12.8. The number of ether oxygens (including phenoxy) is 2. The van der Waals surface area contributed by atoms with Crippen molar-refractivity contribution >= 4 is 12.0 Å². The second-order valence-electron chi connectivity index (χ2n) is 7.15. The van der Waals surface area contributed by atoms with Gasteiger partial charge in [0.25, 0.3) is 0 Å². The van der Waals surface area contributed by atoms with Gasteiger partial charge in [0.2, 0.25) is 0 Å². The number of alkyl halides is 2. The Hall–Kier alpha value is -2.58. The summed E-state index contributed by atoms with van der Waals surface area (Å²) >= 11 is 0. The smallest absolute Gasteiger partial charge is 0.387 e. The first-order valence-corrected chi connectivity index (χ1v) is 9.33. The van der Waals surface area contributed by atoms with Crippen molar-refractivity contribution in [3.05, 3.63) is 23.8 Å². The highest BCUT2D eigenvalue weighted by Gasteiger charge is 2.55. The van der Waals surface area contributed by atoms with Gasteiger partial charge < -0.3 is 24.8 Å². The third kappa shape index (κ3) is 3.83. The quantitative estimate of drug-likeness (QED) is 0.737. The van der Waals surface area contributed by atoms with Crippen molar-refractivity contribution in [3.8, 4) is 11.5 Å². The van der Waals surface area contributed by atoms with E-state index in [1.807, 2.05) is 0 Å². The molecule has 9 heteroatoms. The summed E-state index contributed by atoms with van der Waals surface area (Å²) < 4.78 is 35.5. The number of halogens is 2. The Balaban J connectivity index is 1.68. The number of nitrogens with zero attached hydrogens (tertiary/aromatic N) is 1. The minimum atomic E-state index is -3.02. The van der Waals surface area contributed by atoms with Crippen LogP contribution in [0.25, 0.3) is 0 Å². The molecule has 0 radical (unpaired) electrons. The van der Waals surface area contributed by atoms with E-state index in [1.165, 1.54) is 11.0 Å². The highest BCUT2D eigenvalue weighted by molar-refractivity contribution is 5.80. The van der Waals surface area contributed by atoms with Gasteiger partial charge in [0.1, 0.15) is 0 Å². The molecule has 28 heavy (non-hydrogen) atoms. The Kier molecular flexibility index (Phi) is 5.90. The van der Waals surface area contributed by atoms with E-state index < -0.39 is 24.0 Å².